The van der Waals surface area contributed by atoms with Crippen LogP contribution in [-0.4, -0.2) is 262 Å². The van der Waals surface area contributed by atoms with E-state index in [-0.39, 0.29) is 62.7 Å². The van der Waals surface area contributed by atoms with Crippen LogP contribution in [0.5, 0.6) is 0 Å². The molecule has 1 fully saturated rings. The zero-order valence-corrected chi connectivity index (χ0v) is 61.6. The minimum atomic E-state index is -1.66. The van der Waals surface area contributed by atoms with Crippen LogP contribution in [0.4, 0.5) is 0 Å². The summed E-state index contributed by atoms with van der Waals surface area (Å²) in [5.41, 5.74) is -1.58. The third kappa shape index (κ3) is 24.2. The molecular formula is C68H124N12O13. The number of amides is 11. The van der Waals surface area contributed by atoms with Crippen LogP contribution < -0.4 is 21.3 Å². The molecule has 1 aliphatic heterocycles. The van der Waals surface area contributed by atoms with Gasteiger partial charge >= 0.3 is 0 Å². The number of aliphatic hydroxyl groups excluding tert-OH is 1. The van der Waals surface area contributed by atoms with Crippen LogP contribution in [0.1, 0.15) is 176 Å². The highest BCUT2D eigenvalue weighted by molar-refractivity contribution is 6.00. The predicted molar refractivity (Wildman–Crippen MR) is 361 cm³/mol. The smallest absolute Gasteiger partial charge is 0.246 e. The Morgan fingerprint density at radius 2 is 0.903 bits per heavy atom. The maximum absolute atomic E-state index is 15.3. The highest BCUT2D eigenvalue weighted by atomic mass is 16.3. The average Bonchev–Trinajstić information content (AvgIpc) is 0.815. The lowest BCUT2D eigenvalue weighted by atomic mass is 9.91. The van der Waals surface area contributed by atoms with Crippen LogP contribution in [0.15, 0.2) is 12.2 Å². The van der Waals surface area contributed by atoms with Gasteiger partial charge in [0.15, 0.2) is 0 Å². The molecule has 1 saturated heterocycles. The SMILES string of the molecule is C/C=C/C[C@@H](C)[C@@H](O)[C@H]1C(=O)N[C@@H](CC)C(=O)N(C)[C@@H](CCN(CC)CC)C(=O)N(C)[C@@H](CC(C)(C)O)C(=O)N[C@@H](C(C)C)C(=O)N(C)[C@@H](CC(C)C)C(=O)N[C@@H](C)C(=O)N[C@H](C)C(=O)N(C)[C@@H](CC(C)C)C(=O)N(C)[C@@H](CC(C)C)C(=O)N(C)[C@@H](C(C)C)C(=O)N1C. The molecule has 1 heterocycles. The summed E-state index contributed by atoms with van der Waals surface area (Å²) in [5, 5.41) is 34.7. The van der Waals surface area contributed by atoms with Crippen molar-refractivity contribution in [2.45, 2.75) is 255 Å². The molecule has 0 radical (unpaired) electrons. The number of rotatable bonds is 20. The molecule has 13 atom stereocenters. The van der Waals surface area contributed by atoms with Gasteiger partial charge < -0.3 is 70.7 Å². The monoisotopic (exact) mass is 1320 g/mol. The first-order valence-corrected chi connectivity index (χ1v) is 33.7. The van der Waals surface area contributed by atoms with Gasteiger partial charge in [-0.05, 0) is 122 Å². The second-order valence-corrected chi connectivity index (χ2v) is 28.5. The zero-order chi connectivity index (χ0) is 72.2. The van der Waals surface area contributed by atoms with E-state index in [9.17, 15) is 34.2 Å². The van der Waals surface area contributed by atoms with Crippen molar-refractivity contribution >= 4 is 65.0 Å². The highest BCUT2D eigenvalue weighted by Gasteiger charge is 2.47. The van der Waals surface area contributed by atoms with E-state index in [1.807, 2.05) is 60.3 Å². The lowest BCUT2D eigenvalue weighted by Crippen LogP contribution is -2.64. The molecule has 0 aromatic carbocycles. The molecule has 0 unspecified atom stereocenters. The first-order chi connectivity index (χ1) is 42.9. The summed E-state index contributed by atoms with van der Waals surface area (Å²) >= 11 is 0. The summed E-state index contributed by atoms with van der Waals surface area (Å²) in [4.78, 5) is 174. The van der Waals surface area contributed by atoms with Gasteiger partial charge in [-0.1, -0.05) is 109 Å². The van der Waals surface area contributed by atoms with Crippen molar-refractivity contribution in [3.8, 4) is 0 Å². The van der Waals surface area contributed by atoms with Gasteiger partial charge in [-0.25, -0.2) is 0 Å². The van der Waals surface area contributed by atoms with E-state index >= 15 is 28.8 Å². The first-order valence-electron chi connectivity index (χ1n) is 33.7. The van der Waals surface area contributed by atoms with Gasteiger partial charge in [0.2, 0.25) is 65.0 Å². The van der Waals surface area contributed by atoms with E-state index in [1.54, 1.807) is 60.6 Å². The molecule has 25 heteroatoms. The van der Waals surface area contributed by atoms with Crippen molar-refractivity contribution in [3.05, 3.63) is 12.2 Å². The van der Waals surface area contributed by atoms with Gasteiger partial charge in [0, 0.05) is 62.3 Å². The predicted octanol–water partition coefficient (Wildman–Crippen LogP) is 3.48. The van der Waals surface area contributed by atoms with Crippen molar-refractivity contribution < 1.29 is 63.0 Å². The molecule has 534 valence electrons. The Morgan fingerprint density at radius 3 is 1.35 bits per heavy atom. The van der Waals surface area contributed by atoms with E-state index < -0.39 is 161 Å². The van der Waals surface area contributed by atoms with Gasteiger partial charge in [0.25, 0.3) is 0 Å². The third-order valence-corrected chi connectivity index (χ3v) is 18.0. The minimum absolute atomic E-state index is 0.0246. The van der Waals surface area contributed by atoms with Crippen LogP contribution in [0, 0.1) is 35.5 Å². The van der Waals surface area contributed by atoms with Crippen molar-refractivity contribution in [1.82, 2.24) is 60.5 Å². The number of nitrogens with zero attached hydrogens (tertiary/aromatic N) is 8. The number of aliphatic hydroxyl groups is 2. The normalized spacial score (nSPS) is 26.6. The van der Waals surface area contributed by atoms with Crippen LogP contribution in [0.2, 0.25) is 0 Å². The van der Waals surface area contributed by atoms with E-state index in [2.05, 4.69) is 21.3 Å². The Morgan fingerprint density at radius 1 is 0.484 bits per heavy atom. The highest BCUT2D eigenvalue weighted by Crippen LogP contribution is 2.27. The Kier molecular flexibility index (Phi) is 35.0. The maximum Gasteiger partial charge on any atom is 0.246 e. The molecule has 0 aliphatic carbocycles. The number of hydrogen-bond acceptors (Lipinski definition) is 14. The average molecular weight is 1320 g/mol. The molecule has 0 aromatic heterocycles. The van der Waals surface area contributed by atoms with Crippen LogP contribution in [0.3, 0.4) is 0 Å². The molecule has 25 nitrogen and oxygen atoms in total. The fourth-order valence-corrected chi connectivity index (χ4v) is 12.0. The van der Waals surface area contributed by atoms with Gasteiger partial charge in [0.1, 0.15) is 66.5 Å². The van der Waals surface area contributed by atoms with E-state index in [4.69, 9.17) is 0 Å². The van der Waals surface area contributed by atoms with E-state index in [0.29, 0.717) is 19.6 Å². The van der Waals surface area contributed by atoms with E-state index in [1.165, 1.54) is 102 Å². The van der Waals surface area contributed by atoms with Gasteiger partial charge in [-0.2, -0.15) is 0 Å². The van der Waals surface area contributed by atoms with Crippen LogP contribution >= 0.6 is 0 Å². The topological polar surface area (TPSA) is 302 Å². The summed E-state index contributed by atoms with van der Waals surface area (Å²) in [6.07, 6.45) is 2.42. The number of carbonyl (C=O) groups is 11. The largest absolute Gasteiger partial charge is 0.390 e. The molecule has 0 aromatic rings. The number of allylic oxidation sites excluding steroid dienone is 2. The molecule has 6 N–H and O–H groups in total. The van der Waals surface area contributed by atoms with Crippen LogP contribution in [0.25, 0.3) is 0 Å². The first kappa shape index (κ1) is 84.8. The second kappa shape index (κ2) is 38.4. The molecule has 1 rings (SSSR count). The molecule has 0 bridgehead atoms. The minimum Gasteiger partial charge on any atom is -0.390 e. The summed E-state index contributed by atoms with van der Waals surface area (Å²) in [6, 6.07) is -14.4. The fraction of sp³-hybridized carbons (Fsp3) is 0.809. The van der Waals surface area contributed by atoms with Crippen molar-refractivity contribution in [1.29, 1.82) is 0 Å². The molecule has 1 aliphatic rings. The summed E-state index contributed by atoms with van der Waals surface area (Å²) < 4.78 is 0. The van der Waals surface area contributed by atoms with Crippen molar-refractivity contribution in [2.75, 3.05) is 69.0 Å². The second-order valence-electron chi connectivity index (χ2n) is 28.5. The van der Waals surface area contributed by atoms with E-state index in [0.717, 1.165) is 9.80 Å². The third-order valence-electron chi connectivity index (χ3n) is 18.0. The van der Waals surface area contributed by atoms with Crippen molar-refractivity contribution in [3.63, 3.8) is 0 Å². The molecule has 93 heavy (non-hydrogen) atoms. The lowest BCUT2D eigenvalue weighted by Gasteiger charge is -2.41. The summed E-state index contributed by atoms with van der Waals surface area (Å²) in [6.45, 7) is 34.3. The molecule has 0 spiro atoms. The fourth-order valence-electron chi connectivity index (χ4n) is 12.0. The number of carbonyl (C=O) groups excluding carboxylic acids is 11. The lowest BCUT2D eigenvalue weighted by molar-refractivity contribution is -0.157. The van der Waals surface area contributed by atoms with Gasteiger partial charge in [-0.15, -0.1) is 0 Å². The Hall–Kier alpha value is -6.21. The number of hydrogen-bond donors (Lipinski definition) is 6. The zero-order valence-electron chi connectivity index (χ0n) is 61.6. The summed E-state index contributed by atoms with van der Waals surface area (Å²) in [5.74, 6) is -10.2. The molecular weight excluding hydrogens is 1190 g/mol. The Labute approximate surface area is 557 Å². The standard InChI is InChI=1S/C68H124N12O13/c1-27-31-32-44(15)56(81)55-60(85)71-47(28-2)62(87)73(20)48(33-34-80(29-3)30-4)63(88)77(24)52(38-68(18,19)93)59(84)72-53(42(11)12)66(91)74(21)49(35-39(5)6)58(83)69-45(16)57(82)70-46(17)61(86)75(22)50(36-40(7)8)64(89)76(23)51(37-41(9)10)65(90)78(25)54(43(13)14)67(92)79(55)26/h27,31,39-56,81,93H,28-30,32-38H2,1-26H3,(H,69,83)(H,70,82)(H,71,85)(H,72,84)/b31-27+/t44-,45+,46-,47+,48+,49+,50+,51+,52+,53+,54+,55+,56-/m1/s1. The summed E-state index contributed by atoms with van der Waals surface area (Å²) in [7, 11) is 9.88. The Bertz CT molecular complexity index is 2530. The Balaban J connectivity index is 4.59. The number of nitrogens with one attached hydrogen (secondary N) is 4. The molecule has 11 amide bonds. The van der Waals surface area contributed by atoms with Crippen LogP contribution in [-0.2, 0) is 52.7 Å². The van der Waals surface area contributed by atoms with Gasteiger partial charge in [-0.3, -0.25) is 52.7 Å². The van der Waals surface area contributed by atoms with Gasteiger partial charge in [0.05, 0.1) is 11.7 Å². The molecule has 0 saturated carbocycles. The quantitative estimate of drug-likeness (QED) is 0.0952. The maximum atomic E-state index is 15.3. The number of likely N-dealkylation sites (N-methyl/N-ethyl adjacent to an activating group) is 7. The van der Waals surface area contributed by atoms with Crippen molar-refractivity contribution in [2.24, 2.45) is 35.5 Å².